The number of hydrogen-bond donors (Lipinski definition) is 0. The smallest absolute Gasteiger partial charge is 0.233 e. The maximum absolute atomic E-state index is 13.5. The van der Waals surface area contributed by atoms with E-state index in [4.69, 9.17) is 11.6 Å². The van der Waals surface area contributed by atoms with Crippen molar-refractivity contribution in [3.05, 3.63) is 34.9 Å². The van der Waals surface area contributed by atoms with Gasteiger partial charge in [-0.15, -0.1) is 0 Å². The highest BCUT2D eigenvalue weighted by Crippen LogP contribution is 2.43. The molecule has 144 valence electrons. The van der Waals surface area contributed by atoms with Crippen molar-refractivity contribution in [3.63, 3.8) is 0 Å². The van der Waals surface area contributed by atoms with E-state index in [1.165, 1.54) is 10.6 Å². The summed E-state index contributed by atoms with van der Waals surface area (Å²) in [5, 5.41) is 0.662. The molecule has 0 N–H and O–H groups in total. The molecule has 2 aliphatic rings. The van der Waals surface area contributed by atoms with Crippen LogP contribution < -0.4 is 0 Å². The van der Waals surface area contributed by atoms with E-state index in [0.717, 1.165) is 31.2 Å². The average Bonchev–Trinajstić information content (AvgIpc) is 3.11. The summed E-state index contributed by atoms with van der Waals surface area (Å²) in [6, 6.07) is 7.66. The topological polar surface area (TPSA) is 57.7 Å². The zero-order valence-electron chi connectivity index (χ0n) is 15.4. The van der Waals surface area contributed by atoms with Crippen LogP contribution in [0.15, 0.2) is 24.3 Å². The van der Waals surface area contributed by atoms with E-state index in [-0.39, 0.29) is 11.9 Å². The number of carbonyl (C=O) groups is 1. The Morgan fingerprint density at radius 2 is 1.85 bits per heavy atom. The minimum Gasteiger partial charge on any atom is -0.342 e. The molecular formula is C19H27ClN2O3S. The van der Waals surface area contributed by atoms with E-state index < -0.39 is 15.4 Å². The van der Waals surface area contributed by atoms with Gasteiger partial charge in [0.1, 0.15) is 0 Å². The van der Waals surface area contributed by atoms with Crippen LogP contribution in [0.2, 0.25) is 5.02 Å². The minimum absolute atomic E-state index is 0.0280. The fourth-order valence-electron chi connectivity index (χ4n) is 4.40. The first-order valence-electron chi connectivity index (χ1n) is 9.22. The summed E-state index contributed by atoms with van der Waals surface area (Å²) in [5.74, 6) is 0.178. The Balaban J connectivity index is 1.76. The standard InChI is InChI=1S/C19H27ClN2O3S/c1-21(26(2,24)25)17-8-12-22(13-9-17)18(23)19(10-3-4-11-19)15-6-5-7-16(20)14-15/h5-7,14,17H,3-4,8-13H2,1-2H3. The summed E-state index contributed by atoms with van der Waals surface area (Å²) in [6.45, 7) is 1.21. The summed E-state index contributed by atoms with van der Waals surface area (Å²) in [4.78, 5) is 15.4. The molecule has 1 saturated heterocycles. The Kier molecular flexibility index (Phi) is 5.66. The normalized spacial score (nSPS) is 21.3. The van der Waals surface area contributed by atoms with Gasteiger partial charge >= 0.3 is 0 Å². The van der Waals surface area contributed by atoms with Crippen molar-refractivity contribution in [2.75, 3.05) is 26.4 Å². The number of amides is 1. The summed E-state index contributed by atoms with van der Waals surface area (Å²) >= 11 is 6.19. The van der Waals surface area contributed by atoms with Crippen LogP contribution in [0.25, 0.3) is 0 Å². The van der Waals surface area contributed by atoms with Gasteiger partial charge in [-0.25, -0.2) is 12.7 Å². The van der Waals surface area contributed by atoms with Gasteiger partial charge in [0.2, 0.25) is 15.9 Å². The van der Waals surface area contributed by atoms with Gasteiger partial charge in [0.15, 0.2) is 0 Å². The Labute approximate surface area is 161 Å². The number of nitrogens with zero attached hydrogens (tertiary/aromatic N) is 2. The summed E-state index contributed by atoms with van der Waals surface area (Å²) in [5.41, 5.74) is 0.545. The van der Waals surface area contributed by atoms with Crippen LogP contribution in [0, 0.1) is 0 Å². The molecule has 0 aromatic heterocycles. The molecule has 1 amide bonds. The summed E-state index contributed by atoms with van der Waals surface area (Å²) in [7, 11) is -1.57. The van der Waals surface area contributed by atoms with Crippen LogP contribution in [-0.2, 0) is 20.2 Å². The molecule has 1 heterocycles. The van der Waals surface area contributed by atoms with E-state index in [1.807, 2.05) is 29.2 Å². The lowest BCUT2D eigenvalue weighted by Gasteiger charge is -2.40. The highest BCUT2D eigenvalue weighted by Gasteiger charge is 2.45. The lowest BCUT2D eigenvalue weighted by Crippen LogP contribution is -2.52. The SMILES string of the molecule is CN(C1CCN(C(=O)C2(c3cccc(Cl)c3)CCCC2)CC1)S(C)(=O)=O. The van der Waals surface area contributed by atoms with Gasteiger partial charge in [-0.05, 0) is 43.4 Å². The number of carbonyl (C=O) groups excluding carboxylic acids is 1. The molecule has 5 nitrogen and oxygen atoms in total. The molecule has 2 fully saturated rings. The van der Waals surface area contributed by atoms with Crippen molar-refractivity contribution < 1.29 is 13.2 Å². The molecule has 1 saturated carbocycles. The van der Waals surface area contributed by atoms with E-state index in [2.05, 4.69) is 0 Å². The molecule has 0 atom stereocenters. The molecule has 0 spiro atoms. The van der Waals surface area contributed by atoms with E-state index >= 15 is 0 Å². The van der Waals surface area contributed by atoms with Gasteiger partial charge in [-0.1, -0.05) is 36.6 Å². The number of likely N-dealkylation sites (tertiary alicyclic amines) is 1. The van der Waals surface area contributed by atoms with Gasteiger partial charge in [0, 0.05) is 31.2 Å². The molecule has 0 bridgehead atoms. The first kappa shape index (κ1) is 19.6. The van der Waals surface area contributed by atoms with Gasteiger partial charge in [-0.2, -0.15) is 0 Å². The third-order valence-corrected chi connectivity index (χ3v) is 7.61. The highest BCUT2D eigenvalue weighted by molar-refractivity contribution is 7.88. The second kappa shape index (κ2) is 7.49. The summed E-state index contributed by atoms with van der Waals surface area (Å²) < 4.78 is 25.0. The second-order valence-electron chi connectivity index (χ2n) is 7.60. The molecule has 0 unspecified atom stereocenters. The van der Waals surface area contributed by atoms with Crippen LogP contribution in [0.4, 0.5) is 0 Å². The lowest BCUT2D eigenvalue weighted by atomic mass is 9.77. The van der Waals surface area contributed by atoms with Gasteiger partial charge < -0.3 is 4.90 Å². The monoisotopic (exact) mass is 398 g/mol. The Morgan fingerprint density at radius 1 is 1.23 bits per heavy atom. The van der Waals surface area contributed by atoms with Crippen molar-refractivity contribution in [2.24, 2.45) is 0 Å². The predicted molar refractivity (Wildman–Crippen MR) is 104 cm³/mol. The van der Waals surface area contributed by atoms with Crippen molar-refractivity contribution in [2.45, 2.75) is 50.0 Å². The third kappa shape index (κ3) is 3.78. The average molecular weight is 399 g/mol. The quantitative estimate of drug-likeness (QED) is 0.783. The highest BCUT2D eigenvalue weighted by atomic mass is 35.5. The molecule has 7 heteroatoms. The molecule has 1 aliphatic carbocycles. The maximum Gasteiger partial charge on any atom is 0.233 e. The first-order chi connectivity index (χ1) is 12.2. The number of piperidine rings is 1. The first-order valence-corrected chi connectivity index (χ1v) is 11.4. The van der Waals surface area contributed by atoms with Crippen LogP contribution in [-0.4, -0.2) is 56.0 Å². The molecular weight excluding hydrogens is 372 g/mol. The van der Waals surface area contributed by atoms with Crippen LogP contribution in [0.1, 0.15) is 44.1 Å². The molecule has 1 aromatic carbocycles. The van der Waals surface area contributed by atoms with E-state index in [0.29, 0.717) is 31.0 Å². The molecule has 0 radical (unpaired) electrons. The summed E-state index contributed by atoms with van der Waals surface area (Å²) in [6.07, 6.45) is 6.40. The van der Waals surface area contributed by atoms with Crippen molar-refractivity contribution >= 4 is 27.5 Å². The third-order valence-electron chi connectivity index (χ3n) is 6.03. The number of rotatable bonds is 4. The van der Waals surface area contributed by atoms with Gasteiger partial charge in [-0.3, -0.25) is 4.79 Å². The van der Waals surface area contributed by atoms with Crippen molar-refractivity contribution in [1.29, 1.82) is 0 Å². The Bertz CT molecular complexity index is 767. The maximum atomic E-state index is 13.5. The Morgan fingerprint density at radius 3 is 2.38 bits per heavy atom. The van der Waals surface area contributed by atoms with Gasteiger partial charge in [0.25, 0.3) is 0 Å². The number of halogens is 1. The molecule has 26 heavy (non-hydrogen) atoms. The second-order valence-corrected chi connectivity index (χ2v) is 10.1. The molecule has 1 aromatic rings. The van der Waals surface area contributed by atoms with Crippen LogP contribution >= 0.6 is 11.6 Å². The fourth-order valence-corrected chi connectivity index (χ4v) is 5.34. The Hall–Kier alpha value is -1.11. The number of hydrogen-bond acceptors (Lipinski definition) is 3. The minimum atomic E-state index is -3.20. The van der Waals surface area contributed by atoms with Crippen LogP contribution in [0.5, 0.6) is 0 Å². The number of sulfonamides is 1. The predicted octanol–water partition coefficient (Wildman–Crippen LogP) is 3.03. The fraction of sp³-hybridized carbons (Fsp3) is 0.632. The zero-order chi connectivity index (χ0) is 18.9. The van der Waals surface area contributed by atoms with Gasteiger partial charge in [0.05, 0.1) is 11.7 Å². The van der Waals surface area contributed by atoms with E-state index in [9.17, 15) is 13.2 Å². The van der Waals surface area contributed by atoms with E-state index in [1.54, 1.807) is 7.05 Å². The molecule has 1 aliphatic heterocycles. The zero-order valence-corrected chi connectivity index (χ0v) is 17.0. The molecule has 3 rings (SSSR count). The van der Waals surface area contributed by atoms with Crippen molar-refractivity contribution in [3.8, 4) is 0 Å². The van der Waals surface area contributed by atoms with Crippen molar-refractivity contribution in [1.82, 2.24) is 9.21 Å². The van der Waals surface area contributed by atoms with Crippen LogP contribution in [0.3, 0.4) is 0 Å². The largest absolute Gasteiger partial charge is 0.342 e. The lowest BCUT2D eigenvalue weighted by molar-refractivity contribution is -0.138. The number of benzene rings is 1.